The minimum absolute atomic E-state index is 0.243. The number of aromatic hydroxyl groups is 1. The summed E-state index contributed by atoms with van der Waals surface area (Å²) < 4.78 is 0. The molecule has 5 heteroatoms. The minimum atomic E-state index is 0.243. The molecule has 0 spiro atoms. The Kier molecular flexibility index (Phi) is 2.53. The van der Waals surface area contributed by atoms with E-state index in [9.17, 15) is 5.11 Å². The summed E-state index contributed by atoms with van der Waals surface area (Å²) in [5.41, 5.74) is 8.09. The summed E-state index contributed by atoms with van der Waals surface area (Å²) in [5.74, 6) is 1.00. The fourth-order valence-electron chi connectivity index (χ4n) is 2.05. The normalized spacial score (nSPS) is 11.2. The fraction of sp³-hybridized carbons (Fsp3) is 0.154. The molecular formula is C13H14N4O. The van der Waals surface area contributed by atoms with Gasteiger partial charge in [0.1, 0.15) is 5.75 Å². The molecule has 5 N–H and O–H groups in total. The Labute approximate surface area is 104 Å². The van der Waals surface area contributed by atoms with Gasteiger partial charge < -0.3 is 20.8 Å². The number of phenolic OH excluding ortho intramolecular Hbond substituents is 1. The molecule has 0 fully saturated rings. The van der Waals surface area contributed by atoms with Crippen LogP contribution in [0.15, 0.2) is 30.5 Å². The first kappa shape index (κ1) is 10.9. The second-order valence-corrected chi connectivity index (χ2v) is 4.22. The maximum Gasteiger partial charge on any atom is 0.154 e. The Morgan fingerprint density at radius 3 is 2.94 bits per heavy atom. The van der Waals surface area contributed by atoms with E-state index in [1.807, 2.05) is 18.2 Å². The molecule has 92 valence electrons. The van der Waals surface area contributed by atoms with E-state index in [1.54, 1.807) is 12.3 Å². The first-order valence-corrected chi connectivity index (χ1v) is 5.83. The zero-order valence-electron chi connectivity index (χ0n) is 9.77. The van der Waals surface area contributed by atoms with Gasteiger partial charge in [0.2, 0.25) is 0 Å². The molecule has 0 aliphatic heterocycles. The number of rotatable bonds is 3. The van der Waals surface area contributed by atoms with Crippen LogP contribution in [0.1, 0.15) is 5.69 Å². The summed E-state index contributed by atoms with van der Waals surface area (Å²) in [6, 6.07) is 7.38. The zero-order valence-corrected chi connectivity index (χ0v) is 9.77. The van der Waals surface area contributed by atoms with Gasteiger partial charge in [0.25, 0.3) is 0 Å². The number of nitrogens with zero attached hydrogens (tertiary/aromatic N) is 1. The Morgan fingerprint density at radius 1 is 1.28 bits per heavy atom. The zero-order chi connectivity index (χ0) is 12.5. The summed E-state index contributed by atoms with van der Waals surface area (Å²) in [7, 11) is 0. The molecule has 1 aromatic carbocycles. The predicted octanol–water partition coefficient (Wildman–Crippen LogP) is 1.76. The van der Waals surface area contributed by atoms with Gasteiger partial charge in [0, 0.05) is 23.7 Å². The summed E-state index contributed by atoms with van der Waals surface area (Å²) in [6.45, 7) is 0.592. The third-order valence-electron chi connectivity index (χ3n) is 2.93. The van der Waals surface area contributed by atoms with Gasteiger partial charge in [-0.3, -0.25) is 0 Å². The molecule has 2 heterocycles. The number of fused-ring (bicyclic) bond motifs is 1. The van der Waals surface area contributed by atoms with E-state index in [0.29, 0.717) is 6.54 Å². The van der Waals surface area contributed by atoms with Crippen molar-refractivity contribution in [2.45, 2.75) is 6.42 Å². The predicted molar refractivity (Wildman–Crippen MR) is 70.3 cm³/mol. The van der Waals surface area contributed by atoms with Crippen molar-refractivity contribution in [1.29, 1.82) is 0 Å². The van der Waals surface area contributed by atoms with E-state index in [2.05, 4.69) is 15.0 Å². The number of nitrogens with one attached hydrogen (secondary N) is 2. The highest BCUT2D eigenvalue weighted by Crippen LogP contribution is 2.27. The maximum atomic E-state index is 9.74. The Bertz CT molecular complexity index is 683. The highest BCUT2D eigenvalue weighted by atomic mass is 16.3. The largest absolute Gasteiger partial charge is 0.506 e. The number of hydrogen-bond donors (Lipinski definition) is 4. The number of para-hydroxylation sites is 1. The van der Waals surface area contributed by atoms with Crippen LogP contribution < -0.4 is 5.73 Å². The smallest absolute Gasteiger partial charge is 0.154 e. The quantitative estimate of drug-likeness (QED) is 0.564. The number of nitrogens with two attached hydrogens (primary N) is 1. The Morgan fingerprint density at radius 2 is 2.17 bits per heavy atom. The third-order valence-corrected chi connectivity index (χ3v) is 2.93. The molecule has 0 aliphatic rings. The van der Waals surface area contributed by atoms with Crippen LogP contribution in [-0.2, 0) is 6.42 Å². The summed E-state index contributed by atoms with van der Waals surface area (Å²) >= 11 is 0. The van der Waals surface area contributed by atoms with Crippen LogP contribution >= 0.6 is 0 Å². The van der Waals surface area contributed by atoms with E-state index in [1.165, 1.54) is 0 Å². The molecule has 3 rings (SSSR count). The van der Waals surface area contributed by atoms with Gasteiger partial charge >= 0.3 is 0 Å². The molecule has 0 atom stereocenters. The van der Waals surface area contributed by atoms with Crippen LogP contribution in [0.4, 0.5) is 0 Å². The molecule has 0 amide bonds. The lowest BCUT2D eigenvalue weighted by molar-refractivity contribution is 0.480. The molecule has 2 aromatic heterocycles. The number of imidazole rings is 1. The van der Waals surface area contributed by atoms with Crippen LogP contribution in [0.3, 0.4) is 0 Å². The lowest BCUT2D eigenvalue weighted by Gasteiger charge is -1.93. The van der Waals surface area contributed by atoms with Crippen LogP contribution in [0.2, 0.25) is 0 Å². The first-order valence-electron chi connectivity index (χ1n) is 5.83. The second kappa shape index (κ2) is 4.19. The third kappa shape index (κ3) is 1.74. The van der Waals surface area contributed by atoms with Crippen molar-refractivity contribution in [3.05, 3.63) is 36.2 Å². The van der Waals surface area contributed by atoms with Crippen molar-refractivity contribution < 1.29 is 5.11 Å². The topological polar surface area (TPSA) is 90.7 Å². The number of benzene rings is 1. The van der Waals surface area contributed by atoms with E-state index in [0.717, 1.165) is 34.5 Å². The number of aromatic amines is 2. The molecule has 0 saturated carbocycles. The second-order valence-electron chi connectivity index (χ2n) is 4.22. The van der Waals surface area contributed by atoms with Gasteiger partial charge in [-0.1, -0.05) is 12.1 Å². The van der Waals surface area contributed by atoms with Crippen molar-refractivity contribution in [2.24, 2.45) is 5.73 Å². The standard InChI is InChI=1S/C13H14N4O/c14-5-4-9-7-15-13(16-9)10-6-8-2-1-3-11(18)12(8)17-10/h1-3,6-7,17-18H,4-5,14H2,(H,15,16). The fourth-order valence-corrected chi connectivity index (χ4v) is 2.05. The SMILES string of the molecule is NCCc1cnc(-c2cc3cccc(O)c3[nH]2)[nH]1. The highest BCUT2D eigenvalue weighted by Gasteiger charge is 2.08. The van der Waals surface area contributed by atoms with E-state index in [-0.39, 0.29) is 5.75 Å². The van der Waals surface area contributed by atoms with Crippen LogP contribution in [-0.4, -0.2) is 26.6 Å². The van der Waals surface area contributed by atoms with Gasteiger partial charge in [-0.05, 0) is 18.7 Å². The lowest BCUT2D eigenvalue weighted by Crippen LogP contribution is -2.02. The Hall–Kier alpha value is -2.27. The number of hydrogen-bond acceptors (Lipinski definition) is 3. The van der Waals surface area contributed by atoms with E-state index < -0.39 is 0 Å². The minimum Gasteiger partial charge on any atom is -0.506 e. The van der Waals surface area contributed by atoms with Gasteiger partial charge in [0.05, 0.1) is 11.2 Å². The monoisotopic (exact) mass is 242 g/mol. The molecule has 5 nitrogen and oxygen atoms in total. The molecule has 18 heavy (non-hydrogen) atoms. The van der Waals surface area contributed by atoms with Crippen molar-refractivity contribution in [1.82, 2.24) is 15.0 Å². The van der Waals surface area contributed by atoms with Gasteiger partial charge in [0.15, 0.2) is 5.82 Å². The molecule has 0 radical (unpaired) electrons. The highest BCUT2D eigenvalue weighted by molar-refractivity contribution is 5.89. The van der Waals surface area contributed by atoms with Gasteiger partial charge in [-0.2, -0.15) is 0 Å². The molecule has 0 unspecified atom stereocenters. The summed E-state index contributed by atoms with van der Waals surface area (Å²) in [6.07, 6.45) is 2.56. The molecule has 0 bridgehead atoms. The van der Waals surface area contributed by atoms with E-state index in [4.69, 9.17) is 5.73 Å². The van der Waals surface area contributed by atoms with Crippen molar-refractivity contribution in [2.75, 3.05) is 6.54 Å². The summed E-state index contributed by atoms with van der Waals surface area (Å²) in [4.78, 5) is 10.7. The van der Waals surface area contributed by atoms with Crippen LogP contribution in [0, 0.1) is 0 Å². The Balaban J connectivity index is 2.05. The molecule has 0 saturated heterocycles. The molecule has 0 aliphatic carbocycles. The number of phenols is 1. The van der Waals surface area contributed by atoms with Gasteiger partial charge in [-0.15, -0.1) is 0 Å². The first-order chi connectivity index (χ1) is 8.78. The van der Waals surface area contributed by atoms with Crippen molar-refractivity contribution >= 4 is 10.9 Å². The summed E-state index contributed by atoms with van der Waals surface area (Å²) in [5, 5.41) is 10.7. The maximum absolute atomic E-state index is 9.74. The van der Waals surface area contributed by atoms with Gasteiger partial charge in [-0.25, -0.2) is 4.98 Å². The number of H-pyrrole nitrogens is 2. The lowest BCUT2D eigenvalue weighted by atomic mass is 10.2. The van der Waals surface area contributed by atoms with Crippen LogP contribution in [0.5, 0.6) is 5.75 Å². The molecule has 3 aromatic rings. The number of aromatic nitrogens is 3. The molecular weight excluding hydrogens is 228 g/mol. The van der Waals surface area contributed by atoms with Crippen molar-refractivity contribution in [3.8, 4) is 17.3 Å². The average Bonchev–Trinajstić information content (AvgIpc) is 2.96. The van der Waals surface area contributed by atoms with Crippen LogP contribution in [0.25, 0.3) is 22.4 Å². The van der Waals surface area contributed by atoms with Crippen molar-refractivity contribution in [3.63, 3.8) is 0 Å². The van der Waals surface area contributed by atoms with E-state index >= 15 is 0 Å². The average molecular weight is 242 g/mol.